The summed E-state index contributed by atoms with van der Waals surface area (Å²) in [5.41, 5.74) is 2.86. The maximum absolute atomic E-state index is 13.6. The number of hydrogen-bond donors (Lipinski definition) is 0. The lowest BCUT2D eigenvalue weighted by Gasteiger charge is -2.34. The number of pyridine rings is 1. The van der Waals surface area contributed by atoms with Gasteiger partial charge in [0.25, 0.3) is 0 Å². The fourth-order valence-electron chi connectivity index (χ4n) is 4.39. The Bertz CT molecular complexity index is 982. The number of nitrogens with zero attached hydrogens (tertiary/aromatic N) is 3. The molecule has 1 aliphatic heterocycles. The van der Waals surface area contributed by atoms with Crippen LogP contribution in [0, 0.1) is 0 Å². The molecular weight excluding hydrogens is 353 g/mol. The van der Waals surface area contributed by atoms with Gasteiger partial charge in [-0.2, -0.15) is 0 Å². The minimum Gasteiger partial charge on any atom is -0.378 e. The van der Waals surface area contributed by atoms with Crippen molar-refractivity contribution >= 4 is 33.5 Å². The van der Waals surface area contributed by atoms with Gasteiger partial charge in [0, 0.05) is 29.0 Å². The van der Waals surface area contributed by atoms with Crippen LogP contribution >= 0.6 is 11.6 Å². The molecule has 2 aromatic heterocycles. The molecule has 0 N–H and O–H groups in total. The molecule has 2 aliphatic rings. The van der Waals surface area contributed by atoms with Crippen molar-refractivity contribution < 1.29 is 9.13 Å². The molecular formula is C20H21ClFN3O. The van der Waals surface area contributed by atoms with Crippen LogP contribution < -0.4 is 0 Å². The van der Waals surface area contributed by atoms with E-state index in [9.17, 15) is 4.39 Å². The zero-order valence-electron chi connectivity index (χ0n) is 14.7. The summed E-state index contributed by atoms with van der Waals surface area (Å²) in [7, 11) is 0. The number of benzene rings is 1. The Labute approximate surface area is 156 Å². The van der Waals surface area contributed by atoms with Crippen LogP contribution in [0.4, 0.5) is 4.39 Å². The smallest absolute Gasteiger partial charge is 0.113 e. The maximum Gasteiger partial charge on any atom is 0.113 e. The summed E-state index contributed by atoms with van der Waals surface area (Å²) < 4.78 is 21.7. The molecule has 0 unspecified atom stereocenters. The Hall–Kier alpha value is -1.72. The second-order valence-corrected chi connectivity index (χ2v) is 8.06. The van der Waals surface area contributed by atoms with Crippen molar-refractivity contribution in [2.24, 2.45) is 0 Å². The molecule has 2 fully saturated rings. The molecule has 5 rings (SSSR count). The third-order valence-electron chi connectivity index (χ3n) is 5.77. The van der Waals surface area contributed by atoms with Gasteiger partial charge in [-0.15, -0.1) is 0 Å². The first-order chi connectivity index (χ1) is 12.6. The monoisotopic (exact) mass is 373 g/mol. The number of aromatic nitrogens is 3. The van der Waals surface area contributed by atoms with E-state index in [1.165, 1.54) is 0 Å². The fraction of sp³-hybridized carbons (Fsp3) is 0.500. The molecule has 4 nitrogen and oxygen atoms in total. The van der Waals surface area contributed by atoms with Crippen molar-refractivity contribution in [2.75, 3.05) is 6.61 Å². The van der Waals surface area contributed by atoms with E-state index < -0.39 is 6.17 Å². The summed E-state index contributed by atoms with van der Waals surface area (Å²) in [6.45, 7) is 2.85. The van der Waals surface area contributed by atoms with Gasteiger partial charge in [0.05, 0.1) is 23.3 Å². The molecule has 2 atom stereocenters. The standard InChI is InChI=1S/C20H21ClFN3O/c1-11-6-15(4-5-26-11)25-19-16-9-13(21)2-3-17(16)23-10-18(19)24-20(25)12-7-14(22)8-12/h2-3,9-12,14-15H,4-8H2,1H3/t11-,12-,14+,15-/m1/s1. The number of halogens is 2. The summed E-state index contributed by atoms with van der Waals surface area (Å²) in [5.74, 6) is 1.19. The molecule has 3 aromatic rings. The van der Waals surface area contributed by atoms with Gasteiger partial charge >= 0.3 is 0 Å². The summed E-state index contributed by atoms with van der Waals surface area (Å²) in [4.78, 5) is 9.45. The zero-order chi connectivity index (χ0) is 17.8. The number of fused-ring (bicyclic) bond motifs is 3. The second-order valence-electron chi connectivity index (χ2n) is 7.62. The largest absolute Gasteiger partial charge is 0.378 e. The quantitative estimate of drug-likeness (QED) is 0.620. The SMILES string of the molecule is C[C@@H]1C[C@H](n2c3c(cnc4ccc(Cl)cc43)nc2[C@H]2C[C@@H](F)C2)CCO1. The van der Waals surface area contributed by atoms with Crippen molar-refractivity contribution in [1.29, 1.82) is 0 Å². The predicted molar refractivity (Wildman–Crippen MR) is 101 cm³/mol. The Kier molecular flexibility index (Phi) is 3.90. The van der Waals surface area contributed by atoms with Gasteiger partial charge in [0.1, 0.15) is 17.5 Å². The third-order valence-corrected chi connectivity index (χ3v) is 6.01. The molecule has 1 aromatic carbocycles. The van der Waals surface area contributed by atoms with Crippen molar-refractivity contribution in [3.63, 3.8) is 0 Å². The van der Waals surface area contributed by atoms with E-state index in [0.29, 0.717) is 23.9 Å². The average molecular weight is 374 g/mol. The first-order valence-electron chi connectivity index (χ1n) is 9.32. The molecule has 26 heavy (non-hydrogen) atoms. The van der Waals surface area contributed by atoms with Gasteiger partial charge in [-0.25, -0.2) is 9.37 Å². The van der Waals surface area contributed by atoms with Gasteiger partial charge in [-0.3, -0.25) is 4.98 Å². The number of alkyl halides is 1. The van der Waals surface area contributed by atoms with Crippen LogP contribution in [0.25, 0.3) is 21.9 Å². The van der Waals surface area contributed by atoms with Crippen LogP contribution in [-0.2, 0) is 4.74 Å². The fourth-order valence-corrected chi connectivity index (χ4v) is 4.56. The molecule has 0 spiro atoms. The van der Waals surface area contributed by atoms with Crippen LogP contribution in [0.15, 0.2) is 24.4 Å². The number of imidazole rings is 1. The highest BCUT2D eigenvalue weighted by Gasteiger charge is 2.36. The lowest BCUT2D eigenvalue weighted by atomic mass is 9.82. The molecule has 6 heteroatoms. The van der Waals surface area contributed by atoms with Crippen LogP contribution in [0.3, 0.4) is 0 Å². The van der Waals surface area contributed by atoms with Crippen molar-refractivity contribution in [3.05, 3.63) is 35.2 Å². The first-order valence-corrected chi connectivity index (χ1v) is 9.69. The minimum atomic E-state index is -0.703. The van der Waals surface area contributed by atoms with E-state index in [2.05, 4.69) is 16.5 Å². The predicted octanol–water partition coefficient (Wildman–Crippen LogP) is 5.19. The molecule has 136 valence electrons. The summed E-state index contributed by atoms with van der Waals surface area (Å²) in [6.07, 6.45) is 4.35. The van der Waals surface area contributed by atoms with Crippen molar-refractivity contribution in [1.82, 2.24) is 14.5 Å². The Balaban J connectivity index is 1.76. The van der Waals surface area contributed by atoms with Gasteiger partial charge in [0.15, 0.2) is 0 Å². The Morgan fingerprint density at radius 2 is 2.08 bits per heavy atom. The summed E-state index contributed by atoms with van der Waals surface area (Å²) in [6, 6.07) is 6.08. The normalized spacial score (nSPS) is 29.2. The lowest BCUT2D eigenvalue weighted by molar-refractivity contribution is 0.00547. The Morgan fingerprint density at radius 1 is 1.23 bits per heavy atom. The highest BCUT2D eigenvalue weighted by Crippen LogP contribution is 2.43. The van der Waals surface area contributed by atoms with Crippen LogP contribution in [0.5, 0.6) is 0 Å². The van der Waals surface area contributed by atoms with E-state index in [4.69, 9.17) is 21.3 Å². The van der Waals surface area contributed by atoms with Crippen LogP contribution in [0.1, 0.15) is 50.4 Å². The Morgan fingerprint density at radius 3 is 2.85 bits per heavy atom. The molecule has 3 heterocycles. The number of ether oxygens (including phenoxy) is 1. The average Bonchev–Trinajstić information content (AvgIpc) is 2.98. The summed E-state index contributed by atoms with van der Waals surface area (Å²) in [5, 5.41) is 1.71. The topological polar surface area (TPSA) is 39.9 Å². The van der Waals surface area contributed by atoms with Gasteiger partial charge in [0.2, 0.25) is 0 Å². The second kappa shape index (κ2) is 6.17. The highest BCUT2D eigenvalue weighted by atomic mass is 35.5. The van der Waals surface area contributed by atoms with Crippen molar-refractivity contribution in [2.45, 2.75) is 56.8 Å². The molecule has 0 radical (unpaired) electrons. The lowest BCUT2D eigenvalue weighted by Crippen LogP contribution is -2.30. The first kappa shape index (κ1) is 16.5. The molecule has 0 amide bonds. The van der Waals surface area contributed by atoms with E-state index in [1.807, 2.05) is 24.4 Å². The number of rotatable bonds is 2. The maximum atomic E-state index is 13.6. The van der Waals surface area contributed by atoms with Gasteiger partial charge in [-0.1, -0.05) is 11.6 Å². The van der Waals surface area contributed by atoms with Crippen LogP contribution in [0.2, 0.25) is 5.02 Å². The summed E-state index contributed by atoms with van der Waals surface area (Å²) >= 11 is 6.28. The van der Waals surface area contributed by atoms with E-state index in [1.54, 1.807) is 0 Å². The minimum absolute atomic E-state index is 0.185. The molecule has 0 bridgehead atoms. The van der Waals surface area contributed by atoms with Crippen LogP contribution in [-0.4, -0.2) is 33.4 Å². The van der Waals surface area contributed by atoms with E-state index in [0.717, 1.165) is 47.2 Å². The molecule has 1 saturated heterocycles. The highest BCUT2D eigenvalue weighted by molar-refractivity contribution is 6.31. The molecule has 1 saturated carbocycles. The number of hydrogen-bond acceptors (Lipinski definition) is 3. The van der Waals surface area contributed by atoms with Crippen molar-refractivity contribution in [3.8, 4) is 0 Å². The van der Waals surface area contributed by atoms with E-state index in [-0.39, 0.29) is 12.0 Å². The molecule has 1 aliphatic carbocycles. The van der Waals surface area contributed by atoms with Gasteiger partial charge in [-0.05, 0) is 50.8 Å². The van der Waals surface area contributed by atoms with E-state index >= 15 is 0 Å². The van der Waals surface area contributed by atoms with Gasteiger partial charge < -0.3 is 9.30 Å². The zero-order valence-corrected chi connectivity index (χ0v) is 15.4. The third kappa shape index (κ3) is 2.60.